The lowest BCUT2D eigenvalue weighted by Gasteiger charge is -2.12. The molecule has 0 fully saturated rings. The van der Waals surface area contributed by atoms with Gasteiger partial charge in [0.15, 0.2) is 0 Å². The SMILES string of the molecule is Cc1nc(C)n(Cc2ccccc2CCNCC(C)C)n1. The first kappa shape index (κ1) is 15.7. The van der Waals surface area contributed by atoms with Crippen LogP contribution >= 0.6 is 0 Å². The highest BCUT2D eigenvalue weighted by Gasteiger charge is 2.07. The quantitative estimate of drug-likeness (QED) is 0.796. The summed E-state index contributed by atoms with van der Waals surface area (Å²) in [7, 11) is 0. The van der Waals surface area contributed by atoms with Crippen LogP contribution in [0.2, 0.25) is 0 Å². The van der Waals surface area contributed by atoms with Crippen LogP contribution in [0.1, 0.15) is 36.6 Å². The molecule has 1 aromatic heterocycles. The molecule has 0 bridgehead atoms. The number of hydrogen-bond donors (Lipinski definition) is 1. The number of aromatic nitrogens is 3. The maximum absolute atomic E-state index is 4.46. The zero-order chi connectivity index (χ0) is 15.2. The van der Waals surface area contributed by atoms with Crippen LogP contribution in [0.3, 0.4) is 0 Å². The van der Waals surface area contributed by atoms with Gasteiger partial charge in [0.05, 0.1) is 6.54 Å². The number of nitrogens with one attached hydrogen (secondary N) is 1. The lowest BCUT2D eigenvalue weighted by Crippen LogP contribution is -2.22. The summed E-state index contributed by atoms with van der Waals surface area (Å²) < 4.78 is 1.98. The van der Waals surface area contributed by atoms with Gasteiger partial charge in [-0.25, -0.2) is 9.67 Å². The third-order valence-electron chi connectivity index (χ3n) is 3.52. The van der Waals surface area contributed by atoms with Gasteiger partial charge in [-0.05, 0) is 50.4 Å². The lowest BCUT2D eigenvalue weighted by molar-refractivity contribution is 0.553. The second kappa shape index (κ2) is 7.36. The van der Waals surface area contributed by atoms with E-state index in [1.165, 1.54) is 11.1 Å². The Balaban J connectivity index is 2.01. The Bertz CT molecular complexity index is 572. The van der Waals surface area contributed by atoms with Gasteiger partial charge < -0.3 is 5.32 Å². The van der Waals surface area contributed by atoms with E-state index in [4.69, 9.17) is 0 Å². The largest absolute Gasteiger partial charge is 0.316 e. The molecule has 0 aliphatic rings. The van der Waals surface area contributed by atoms with Crippen molar-refractivity contribution in [3.8, 4) is 0 Å². The van der Waals surface area contributed by atoms with Gasteiger partial charge in [0.1, 0.15) is 11.6 Å². The first-order chi connectivity index (χ1) is 10.1. The zero-order valence-corrected chi connectivity index (χ0v) is 13.6. The minimum atomic E-state index is 0.695. The van der Waals surface area contributed by atoms with Gasteiger partial charge in [0, 0.05) is 0 Å². The van der Waals surface area contributed by atoms with Crippen molar-refractivity contribution in [1.29, 1.82) is 0 Å². The first-order valence-corrected chi connectivity index (χ1v) is 7.72. The fraction of sp³-hybridized carbons (Fsp3) is 0.529. The molecule has 2 rings (SSSR count). The smallest absolute Gasteiger partial charge is 0.147 e. The summed E-state index contributed by atoms with van der Waals surface area (Å²) >= 11 is 0. The van der Waals surface area contributed by atoms with Gasteiger partial charge in [-0.2, -0.15) is 5.10 Å². The molecule has 1 aromatic carbocycles. The topological polar surface area (TPSA) is 42.7 Å². The first-order valence-electron chi connectivity index (χ1n) is 7.72. The van der Waals surface area contributed by atoms with E-state index >= 15 is 0 Å². The number of hydrogen-bond acceptors (Lipinski definition) is 3. The van der Waals surface area contributed by atoms with Crippen molar-refractivity contribution in [1.82, 2.24) is 20.1 Å². The Morgan fingerprint density at radius 2 is 1.86 bits per heavy atom. The molecule has 1 N–H and O–H groups in total. The number of nitrogens with zero attached hydrogens (tertiary/aromatic N) is 3. The van der Waals surface area contributed by atoms with Crippen LogP contribution in [0.25, 0.3) is 0 Å². The third-order valence-corrected chi connectivity index (χ3v) is 3.52. The van der Waals surface area contributed by atoms with E-state index in [9.17, 15) is 0 Å². The Morgan fingerprint density at radius 3 is 2.48 bits per heavy atom. The van der Waals surface area contributed by atoms with Crippen molar-refractivity contribution < 1.29 is 0 Å². The summed E-state index contributed by atoms with van der Waals surface area (Å²) in [6.07, 6.45) is 1.05. The molecule has 21 heavy (non-hydrogen) atoms. The van der Waals surface area contributed by atoms with Gasteiger partial charge in [0.25, 0.3) is 0 Å². The fourth-order valence-electron chi connectivity index (χ4n) is 2.44. The number of benzene rings is 1. The van der Waals surface area contributed by atoms with E-state index in [1.54, 1.807) is 0 Å². The molecule has 0 spiro atoms. The van der Waals surface area contributed by atoms with Crippen molar-refractivity contribution in [2.75, 3.05) is 13.1 Å². The molecule has 0 aliphatic carbocycles. The van der Waals surface area contributed by atoms with Crippen molar-refractivity contribution in [2.24, 2.45) is 5.92 Å². The highest BCUT2D eigenvalue weighted by atomic mass is 15.3. The van der Waals surface area contributed by atoms with E-state index in [2.05, 4.69) is 53.5 Å². The maximum Gasteiger partial charge on any atom is 0.147 e. The van der Waals surface area contributed by atoms with E-state index in [0.29, 0.717) is 5.92 Å². The minimum Gasteiger partial charge on any atom is -0.316 e. The third kappa shape index (κ3) is 4.67. The molecule has 0 amide bonds. The minimum absolute atomic E-state index is 0.695. The summed E-state index contributed by atoms with van der Waals surface area (Å²) in [5.74, 6) is 2.50. The molecule has 1 heterocycles. The second-order valence-corrected chi connectivity index (χ2v) is 5.98. The van der Waals surface area contributed by atoms with Gasteiger partial charge in [0.2, 0.25) is 0 Å². The summed E-state index contributed by atoms with van der Waals surface area (Å²) in [6.45, 7) is 11.3. The Labute approximate surface area is 127 Å². The predicted octanol–water partition coefficient (Wildman–Crippen LogP) is 2.73. The predicted molar refractivity (Wildman–Crippen MR) is 86.5 cm³/mol. The standard InChI is InChI=1S/C17H26N4/c1-13(2)11-18-10-9-16-7-5-6-8-17(16)12-21-15(4)19-14(3)20-21/h5-8,13,18H,9-12H2,1-4H3. The molecule has 4 nitrogen and oxygen atoms in total. The number of aryl methyl sites for hydroxylation is 2. The molecule has 0 radical (unpaired) electrons. The van der Waals surface area contributed by atoms with Crippen LogP contribution in [0.5, 0.6) is 0 Å². The average Bonchev–Trinajstić information content (AvgIpc) is 2.74. The summed E-state index contributed by atoms with van der Waals surface area (Å²) in [5, 5.41) is 7.96. The lowest BCUT2D eigenvalue weighted by atomic mass is 10.0. The van der Waals surface area contributed by atoms with Crippen LogP contribution in [-0.2, 0) is 13.0 Å². The molecule has 0 unspecified atom stereocenters. The van der Waals surface area contributed by atoms with E-state index < -0.39 is 0 Å². The monoisotopic (exact) mass is 286 g/mol. The second-order valence-electron chi connectivity index (χ2n) is 5.98. The van der Waals surface area contributed by atoms with E-state index in [0.717, 1.165) is 37.7 Å². The van der Waals surface area contributed by atoms with Crippen molar-refractivity contribution in [2.45, 2.75) is 40.7 Å². The van der Waals surface area contributed by atoms with Crippen LogP contribution in [-0.4, -0.2) is 27.9 Å². The normalized spacial score (nSPS) is 11.3. The fourth-order valence-corrected chi connectivity index (χ4v) is 2.44. The Morgan fingerprint density at radius 1 is 1.14 bits per heavy atom. The van der Waals surface area contributed by atoms with E-state index in [1.807, 2.05) is 18.5 Å². The van der Waals surface area contributed by atoms with Crippen molar-refractivity contribution in [3.05, 3.63) is 47.0 Å². The highest BCUT2D eigenvalue weighted by molar-refractivity contribution is 5.27. The highest BCUT2D eigenvalue weighted by Crippen LogP contribution is 2.12. The zero-order valence-electron chi connectivity index (χ0n) is 13.6. The van der Waals surface area contributed by atoms with Crippen LogP contribution in [0.4, 0.5) is 0 Å². The van der Waals surface area contributed by atoms with Gasteiger partial charge in [-0.1, -0.05) is 38.1 Å². The molecule has 4 heteroatoms. The maximum atomic E-state index is 4.46. The van der Waals surface area contributed by atoms with Gasteiger partial charge >= 0.3 is 0 Å². The van der Waals surface area contributed by atoms with Gasteiger partial charge in [-0.15, -0.1) is 0 Å². The molecular formula is C17H26N4. The number of rotatable bonds is 7. The molecular weight excluding hydrogens is 260 g/mol. The van der Waals surface area contributed by atoms with Crippen molar-refractivity contribution in [3.63, 3.8) is 0 Å². The molecule has 0 saturated carbocycles. The Kier molecular flexibility index (Phi) is 5.51. The average molecular weight is 286 g/mol. The molecule has 0 aliphatic heterocycles. The summed E-state index contributed by atoms with van der Waals surface area (Å²) in [5.41, 5.74) is 2.72. The summed E-state index contributed by atoms with van der Waals surface area (Å²) in [4.78, 5) is 4.37. The van der Waals surface area contributed by atoms with Gasteiger partial charge in [-0.3, -0.25) is 0 Å². The summed E-state index contributed by atoms with van der Waals surface area (Å²) in [6, 6.07) is 8.61. The molecule has 0 saturated heterocycles. The molecule has 114 valence electrons. The van der Waals surface area contributed by atoms with Crippen LogP contribution in [0, 0.1) is 19.8 Å². The van der Waals surface area contributed by atoms with E-state index in [-0.39, 0.29) is 0 Å². The molecule has 0 atom stereocenters. The van der Waals surface area contributed by atoms with Crippen molar-refractivity contribution >= 4 is 0 Å². The Hall–Kier alpha value is -1.68. The molecule has 2 aromatic rings. The van der Waals surface area contributed by atoms with Crippen LogP contribution < -0.4 is 5.32 Å². The van der Waals surface area contributed by atoms with Crippen LogP contribution in [0.15, 0.2) is 24.3 Å².